The topological polar surface area (TPSA) is 146 Å². The summed E-state index contributed by atoms with van der Waals surface area (Å²) < 4.78 is 84.5. The lowest BCUT2D eigenvalue weighted by Crippen LogP contribution is -2.49. The van der Waals surface area contributed by atoms with Gasteiger partial charge in [0.1, 0.15) is 5.52 Å². The Bertz CT molecular complexity index is 2090. The monoisotopic (exact) mass is 743 g/mol. The third-order valence-electron chi connectivity index (χ3n) is 10.0. The number of likely N-dealkylation sites (tertiary alicyclic amines) is 1. The maximum Gasteiger partial charge on any atom is 0.419 e. The van der Waals surface area contributed by atoms with Crippen LogP contribution >= 0.6 is 0 Å². The molecule has 3 aliphatic rings. The lowest BCUT2D eigenvalue weighted by atomic mass is 9.88. The molecule has 52 heavy (non-hydrogen) atoms. The summed E-state index contributed by atoms with van der Waals surface area (Å²) >= 11 is 0. The lowest BCUT2D eigenvalue weighted by Gasteiger charge is -2.33. The first kappa shape index (κ1) is 35.7. The highest BCUT2D eigenvalue weighted by molar-refractivity contribution is 7.89. The van der Waals surface area contributed by atoms with Gasteiger partial charge in [-0.05, 0) is 74.0 Å². The average molecular weight is 744 g/mol. The van der Waals surface area contributed by atoms with Gasteiger partial charge in [0.05, 0.1) is 10.5 Å². The fourth-order valence-electron chi connectivity index (χ4n) is 7.19. The van der Waals surface area contributed by atoms with Crippen molar-refractivity contribution < 1.29 is 35.6 Å². The Labute approximate surface area is 297 Å². The predicted molar refractivity (Wildman–Crippen MR) is 182 cm³/mol. The van der Waals surface area contributed by atoms with Gasteiger partial charge in [0.25, 0.3) is 0 Å². The molecule has 0 spiro atoms. The molecule has 2 N–H and O–H groups in total. The van der Waals surface area contributed by atoms with Crippen molar-refractivity contribution in [2.45, 2.75) is 61.7 Å². The van der Waals surface area contributed by atoms with Crippen molar-refractivity contribution in [3.05, 3.63) is 71.3 Å². The van der Waals surface area contributed by atoms with Crippen LogP contribution in [0, 0.1) is 5.82 Å². The predicted octanol–water partition coefficient (Wildman–Crippen LogP) is 4.61. The van der Waals surface area contributed by atoms with Crippen LogP contribution in [0.1, 0.15) is 54.7 Å². The number of hydrogen-bond acceptors (Lipinski definition) is 9. The Morgan fingerprint density at radius 3 is 2.35 bits per heavy atom. The van der Waals surface area contributed by atoms with Crippen molar-refractivity contribution in [1.82, 2.24) is 34.3 Å². The van der Waals surface area contributed by atoms with Gasteiger partial charge >= 0.3 is 12.2 Å². The number of rotatable bonds is 8. The van der Waals surface area contributed by atoms with E-state index in [-0.39, 0.29) is 60.6 Å². The van der Waals surface area contributed by atoms with Gasteiger partial charge in [0, 0.05) is 63.5 Å². The largest absolute Gasteiger partial charge is 0.419 e. The Morgan fingerprint density at radius 2 is 1.67 bits per heavy atom. The van der Waals surface area contributed by atoms with Crippen molar-refractivity contribution >= 4 is 44.6 Å². The molecular weight excluding hydrogens is 706 g/mol. The molecule has 2 aromatic heterocycles. The number of fused-ring (bicyclic) bond motifs is 1. The SMILES string of the molecule is Cn1nc(N2CCC(=O)NC2=O)c2ccc(C3CCN(Cc4cccc(S(=O)(=O)N5CCC(Nc6ncc(C(F)(F)F)cn6)CC5)c4)CC3)c(F)c21. The fraction of sp³-hybridized carbons (Fsp3) is 0.441. The number of piperidine rings is 2. The van der Waals surface area contributed by atoms with E-state index in [0.29, 0.717) is 80.0 Å². The molecule has 18 heteroatoms. The number of alkyl halides is 3. The number of carbonyl (C=O) groups excluding carboxylic acids is 2. The van der Waals surface area contributed by atoms with Crippen molar-refractivity contribution in [3.63, 3.8) is 0 Å². The Hall–Kier alpha value is -4.68. The molecule has 0 unspecified atom stereocenters. The summed E-state index contributed by atoms with van der Waals surface area (Å²) in [6.07, 6.45) is -0.696. The standard InChI is InChI=1S/C34H37F4N9O4S/c1-44-30-27(31(43-44)47-16-11-28(48)42-33(47)49)6-5-26(29(30)35)22-7-12-45(13-8-22)20-21-3-2-4-25(17-21)52(50,51)46-14-9-24(10-15-46)41-32-39-18-23(19-40-32)34(36,37)38/h2-6,17-19,22,24H,7-16,20H2,1H3,(H,39,40,41)(H,42,48,49). The lowest BCUT2D eigenvalue weighted by molar-refractivity contribution is -0.138. The maximum absolute atomic E-state index is 16.0. The van der Waals surface area contributed by atoms with E-state index in [1.54, 1.807) is 37.4 Å². The number of urea groups is 1. The summed E-state index contributed by atoms with van der Waals surface area (Å²) in [5, 5.41) is 10.2. The Morgan fingerprint density at radius 1 is 0.962 bits per heavy atom. The molecule has 3 fully saturated rings. The number of hydrogen-bond donors (Lipinski definition) is 2. The van der Waals surface area contributed by atoms with Crippen LogP contribution in [0.15, 0.2) is 53.7 Å². The molecule has 0 atom stereocenters. The fourth-order valence-corrected chi connectivity index (χ4v) is 8.73. The van der Waals surface area contributed by atoms with Crippen LogP contribution in [0.5, 0.6) is 0 Å². The molecule has 0 aliphatic carbocycles. The smallest absolute Gasteiger partial charge is 0.351 e. The van der Waals surface area contributed by atoms with E-state index in [0.717, 1.165) is 5.56 Å². The third kappa shape index (κ3) is 7.18. The highest BCUT2D eigenvalue weighted by atomic mass is 32.2. The third-order valence-corrected chi connectivity index (χ3v) is 11.9. The first-order chi connectivity index (χ1) is 24.8. The van der Waals surface area contributed by atoms with Gasteiger partial charge in [-0.2, -0.15) is 22.6 Å². The molecule has 276 valence electrons. The minimum absolute atomic E-state index is 0.0372. The normalized spacial score (nSPS) is 19.0. The molecule has 0 saturated carbocycles. The Kier molecular flexibility index (Phi) is 9.64. The number of imide groups is 1. The van der Waals surface area contributed by atoms with Crippen molar-refractivity contribution in [2.75, 3.05) is 42.9 Å². The van der Waals surface area contributed by atoms with Crippen molar-refractivity contribution in [1.29, 1.82) is 0 Å². The highest BCUT2D eigenvalue weighted by Gasteiger charge is 2.34. The van der Waals surface area contributed by atoms with Crippen LogP contribution in [0.4, 0.5) is 34.1 Å². The number of benzene rings is 2. The van der Waals surface area contributed by atoms with E-state index in [9.17, 15) is 31.2 Å². The number of nitrogens with one attached hydrogen (secondary N) is 2. The van der Waals surface area contributed by atoms with Gasteiger partial charge in [-0.3, -0.25) is 24.6 Å². The molecule has 2 aromatic carbocycles. The maximum atomic E-state index is 16.0. The van der Waals surface area contributed by atoms with E-state index in [1.165, 1.54) is 13.9 Å². The zero-order valence-electron chi connectivity index (χ0n) is 28.2. The van der Waals surface area contributed by atoms with Crippen LogP contribution in [0.2, 0.25) is 0 Å². The van der Waals surface area contributed by atoms with Gasteiger partial charge in [0.2, 0.25) is 21.9 Å². The number of sulfonamides is 1. The summed E-state index contributed by atoms with van der Waals surface area (Å²) in [5.74, 6) is -0.410. The summed E-state index contributed by atoms with van der Waals surface area (Å²) in [5.41, 5.74) is 0.780. The highest BCUT2D eigenvalue weighted by Crippen LogP contribution is 2.37. The minimum atomic E-state index is -4.53. The zero-order chi connectivity index (χ0) is 36.8. The number of anilines is 2. The molecule has 4 aromatic rings. The molecule has 3 saturated heterocycles. The van der Waals surface area contributed by atoms with Gasteiger partial charge in [-0.1, -0.05) is 18.2 Å². The number of aromatic nitrogens is 4. The van der Waals surface area contributed by atoms with Crippen LogP contribution in [0.3, 0.4) is 0 Å². The van der Waals surface area contributed by atoms with E-state index >= 15 is 4.39 Å². The number of aryl methyl sites for hydroxylation is 1. The number of nitrogens with zero attached hydrogens (tertiary/aromatic N) is 7. The second-order valence-corrected chi connectivity index (χ2v) is 15.3. The average Bonchev–Trinajstić information content (AvgIpc) is 3.45. The molecule has 7 rings (SSSR count). The molecular formula is C34H37F4N9O4S. The van der Waals surface area contributed by atoms with Crippen LogP contribution in [-0.2, 0) is 34.6 Å². The number of carbonyl (C=O) groups is 2. The molecule has 13 nitrogen and oxygen atoms in total. The van der Waals surface area contributed by atoms with E-state index in [1.807, 2.05) is 6.07 Å². The van der Waals surface area contributed by atoms with Crippen LogP contribution in [0.25, 0.3) is 10.9 Å². The summed E-state index contributed by atoms with van der Waals surface area (Å²) in [6, 6.07) is 9.64. The first-order valence-corrected chi connectivity index (χ1v) is 18.5. The quantitative estimate of drug-likeness (QED) is 0.247. The van der Waals surface area contributed by atoms with E-state index < -0.39 is 27.8 Å². The Balaban J connectivity index is 0.946. The van der Waals surface area contributed by atoms with Crippen LogP contribution < -0.4 is 15.5 Å². The summed E-state index contributed by atoms with van der Waals surface area (Å²) in [7, 11) is -2.15. The van der Waals surface area contributed by atoms with Crippen molar-refractivity contribution in [2.24, 2.45) is 7.05 Å². The number of halogens is 4. The zero-order valence-corrected chi connectivity index (χ0v) is 29.1. The second-order valence-electron chi connectivity index (χ2n) is 13.4. The van der Waals surface area contributed by atoms with E-state index in [2.05, 4.69) is 30.6 Å². The van der Waals surface area contributed by atoms with Gasteiger partial charge < -0.3 is 5.32 Å². The van der Waals surface area contributed by atoms with Crippen LogP contribution in [-0.4, -0.2) is 88.1 Å². The van der Waals surface area contributed by atoms with E-state index in [4.69, 9.17) is 0 Å². The van der Waals surface area contributed by atoms with Gasteiger partial charge in [-0.15, -0.1) is 0 Å². The molecule has 5 heterocycles. The molecule has 0 radical (unpaired) electrons. The summed E-state index contributed by atoms with van der Waals surface area (Å²) in [4.78, 5) is 35.3. The molecule has 3 amide bonds. The number of amides is 3. The minimum Gasteiger partial charge on any atom is -0.351 e. The van der Waals surface area contributed by atoms with Gasteiger partial charge in [-0.25, -0.2) is 27.6 Å². The molecule has 0 bridgehead atoms. The van der Waals surface area contributed by atoms with Gasteiger partial charge in [0.15, 0.2) is 11.6 Å². The second kappa shape index (κ2) is 14.0. The van der Waals surface area contributed by atoms with Crippen molar-refractivity contribution in [3.8, 4) is 0 Å². The first-order valence-electron chi connectivity index (χ1n) is 17.0. The molecule has 3 aliphatic heterocycles. The summed E-state index contributed by atoms with van der Waals surface area (Å²) in [6.45, 7) is 2.52.